The Morgan fingerprint density at radius 2 is 2.06 bits per heavy atom. The predicted octanol–water partition coefficient (Wildman–Crippen LogP) is 3.48. The highest BCUT2D eigenvalue weighted by Gasteiger charge is 2.12. The Bertz CT molecular complexity index is 581. The zero-order valence-corrected chi connectivity index (χ0v) is 13.5. The normalized spacial score (nSPS) is 10.7. The van der Waals surface area contributed by atoms with E-state index in [2.05, 4.69) is 41.9 Å². The first-order chi connectivity index (χ1) is 8.52. The third kappa shape index (κ3) is 2.59. The zero-order chi connectivity index (χ0) is 13.3. The maximum Gasteiger partial charge on any atom is 0.129 e. The average Bonchev–Trinajstić information content (AvgIpc) is 2.62. The summed E-state index contributed by atoms with van der Waals surface area (Å²) in [6, 6.07) is 1.90. The Kier molecular flexibility index (Phi) is 4.07. The van der Waals surface area contributed by atoms with Crippen molar-refractivity contribution in [1.29, 1.82) is 0 Å². The largest absolute Gasteiger partial charge is 0.496 e. The van der Waals surface area contributed by atoms with Crippen LogP contribution >= 0.6 is 31.9 Å². The Morgan fingerprint density at radius 3 is 2.61 bits per heavy atom. The van der Waals surface area contributed by atoms with E-state index >= 15 is 0 Å². The smallest absolute Gasteiger partial charge is 0.129 e. The van der Waals surface area contributed by atoms with E-state index < -0.39 is 0 Å². The highest BCUT2D eigenvalue weighted by Crippen LogP contribution is 2.25. The molecule has 0 aliphatic rings. The maximum atomic E-state index is 5.40. The Morgan fingerprint density at radius 1 is 1.33 bits per heavy atom. The molecule has 0 saturated carbocycles. The number of hydrogen-bond acceptors (Lipinski definition) is 3. The van der Waals surface area contributed by atoms with Crippen LogP contribution in [0.15, 0.2) is 21.5 Å². The van der Waals surface area contributed by atoms with Crippen LogP contribution in [0.5, 0.6) is 5.75 Å². The number of nitrogens with zero attached hydrogens (tertiary/aromatic N) is 3. The van der Waals surface area contributed by atoms with Crippen molar-refractivity contribution in [3.8, 4) is 5.75 Å². The fourth-order valence-corrected chi connectivity index (χ4v) is 2.98. The molecule has 0 unspecified atom stereocenters. The van der Waals surface area contributed by atoms with Gasteiger partial charge in [-0.1, -0.05) is 0 Å². The summed E-state index contributed by atoms with van der Waals surface area (Å²) in [4.78, 5) is 4.46. The summed E-state index contributed by atoms with van der Waals surface area (Å²) in [5.74, 6) is 0.891. The number of halogens is 2. The molecule has 0 aliphatic carbocycles. The fraction of sp³-hybridized carbons (Fsp3) is 0.333. The van der Waals surface area contributed by atoms with E-state index in [1.54, 1.807) is 7.11 Å². The molecule has 0 atom stereocenters. The Labute approximate surface area is 123 Å². The molecule has 0 bridgehead atoms. The summed E-state index contributed by atoms with van der Waals surface area (Å²) in [5.41, 5.74) is 3.05. The van der Waals surface area contributed by atoms with Gasteiger partial charge in [0, 0.05) is 23.4 Å². The van der Waals surface area contributed by atoms with E-state index in [-0.39, 0.29) is 0 Å². The molecular weight excluding hydrogens is 362 g/mol. The van der Waals surface area contributed by atoms with Crippen LogP contribution < -0.4 is 4.74 Å². The molecule has 0 N–H and O–H groups in total. The average molecular weight is 375 g/mol. The summed E-state index contributed by atoms with van der Waals surface area (Å²) < 4.78 is 8.95. The van der Waals surface area contributed by atoms with Crippen molar-refractivity contribution in [1.82, 2.24) is 14.8 Å². The molecule has 6 heteroatoms. The molecule has 96 valence electrons. The second-order valence-electron chi connectivity index (χ2n) is 3.99. The first kappa shape index (κ1) is 13.5. The van der Waals surface area contributed by atoms with Crippen LogP contribution in [0, 0.1) is 13.8 Å². The summed E-state index contributed by atoms with van der Waals surface area (Å²) in [5, 5.41) is 4.33. The number of ether oxygens (including phenoxy) is 1. The lowest BCUT2D eigenvalue weighted by molar-refractivity contribution is 0.406. The molecule has 0 amide bonds. The van der Waals surface area contributed by atoms with Crippen LogP contribution in [-0.2, 0) is 6.54 Å². The van der Waals surface area contributed by atoms with E-state index in [1.165, 1.54) is 0 Å². The van der Waals surface area contributed by atoms with Gasteiger partial charge in [-0.15, -0.1) is 0 Å². The van der Waals surface area contributed by atoms with E-state index in [9.17, 15) is 0 Å². The number of rotatable bonds is 3. The predicted molar refractivity (Wildman–Crippen MR) is 77.0 cm³/mol. The molecule has 18 heavy (non-hydrogen) atoms. The van der Waals surface area contributed by atoms with Gasteiger partial charge in [0.1, 0.15) is 15.0 Å². The lowest BCUT2D eigenvalue weighted by Crippen LogP contribution is -2.07. The van der Waals surface area contributed by atoms with Crippen molar-refractivity contribution >= 4 is 31.9 Å². The molecule has 2 aromatic heterocycles. The van der Waals surface area contributed by atoms with Gasteiger partial charge in [-0.25, -0.2) is 0 Å². The van der Waals surface area contributed by atoms with Crippen molar-refractivity contribution < 1.29 is 4.74 Å². The van der Waals surface area contributed by atoms with Crippen LogP contribution in [0.25, 0.3) is 0 Å². The minimum Gasteiger partial charge on any atom is -0.496 e. The molecule has 0 aliphatic heterocycles. The molecule has 0 spiro atoms. The molecule has 0 radical (unpaired) electrons. The molecule has 2 heterocycles. The maximum absolute atomic E-state index is 5.40. The minimum atomic E-state index is 0.606. The lowest BCUT2D eigenvalue weighted by Gasteiger charge is -2.12. The quantitative estimate of drug-likeness (QED) is 0.825. The summed E-state index contributed by atoms with van der Waals surface area (Å²) in [6.07, 6.45) is 1.83. The second kappa shape index (κ2) is 5.40. The number of pyridine rings is 1. The first-order valence-corrected chi connectivity index (χ1v) is 6.99. The lowest BCUT2D eigenvalue weighted by atomic mass is 10.1. The molecule has 0 aromatic carbocycles. The van der Waals surface area contributed by atoms with Crippen molar-refractivity contribution in [2.75, 3.05) is 7.11 Å². The molecule has 4 nitrogen and oxygen atoms in total. The molecule has 2 rings (SSSR count). The zero-order valence-electron chi connectivity index (χ0n) is 10.4. The topological polar surface area (TPSA) is 39.9 Å². The Hall–Kier alpha value is -0.880. The van der Waals surface area contributed by atoms with E-state index in [4.69, 9.17) is 4.74 Å². The third-order valence-corrected chi connectivity index (χ3v) is 3.78. The van der Waals surface area contributed by atoms with Gasteiger partial charge in [-0.05, 0) is 45.7 Å². The highest BCUT2D eigenvalue weighted by atomic mass is 79.9. The van der Waals surface area contributed by atoms with Gasteiger partial charge in [0.15, 0.2) is 0 Å². The van der Waals surface area contributed by atoms with Gasteiger partial charge in [0.05, 0.1) is 19.3 Å². The van der Waals surface area contributed by atoms with E-state index in [0.29, 0.717) is 6.54 Å². The minimum absolute atomic E-state index is 0.606. The third-order valence-electron chi connectivity index (χ3n) is 2.75. The van der Waals surface area contributed by atoms with E-state index in [1.807, 2.05) is 30.8 Å². The van der Waals surface area contributed by atoms with Crippen LogP contribution in [0.4, 0.5) is 0 Å². The number of aromatic nitrogens is 3. The van der Waals surface area contributed by atoms with Gasteiger partial charge in [-0.2, -0.15) is 5.10 Å². The highest BCUT2D eigenvalue weighted by molar-refractivity contribution is 9.11. The van der Waals surface area contributed by atoms with Gasteiger partial charge < -0.3 is 4.74 Å². The van der Waals surface area contributed by atoms with Crippen molar-refractivity contribution in [2.24, 2.45) is 0 Å². The second-order valence-corrected chi connectivity index (χ2v) is 5.62. The number of aryl methyl sites for hydroxylation is 1. The molecule has 0 fully saturated rings. The van der Waals surface area contributed by atoms with E-state index in [0.717, 1.165) is 31.8 Å². The SMILES string of the molecule is COc1c(C)cnc(Cn2nc(Br)cc2Br)c1C. The van der Waals surface area contributed by atoms with Crippen LogP contribution in [0.3, 0.4) is 0 Å². The fourth-order valence-electron chi connectivity index (χ4n) is 1.85. The standard InChI is InChI=1S/C12H13Br2N3O/c1-7-5-15-9(8(2)12(7)18-3)6-17-11(14)4-10(13)16-17/h4-5H,6H2,1-3H3. The van der Waals surface area contributed by atoms with Crippen molar-refractivity contribution in [3.05, 3.63) is 38.3 Å². The van der Waals surface area contributed by atoms with Crippen LogP contribution in [0.2, 0.25) is 0 Å². The molecular formula is C12H13Br2N3O. The summed E-state index contributed by atoms with van der Waals surface area (Å²) >= 11 is 6.81. The van der Waals surface area contributed by atoms with Crippen molar-refractivity contribution in [3.63, 3.8) is 0 Å². The monoisotopic (exact) mass is 373 g/mol. The number of methoxy groups -OCH3 is 1. The van der Waals surface area contributed by atoms with Crippen LogP contribution in [-0.4, -0.2) is 21.9 Å². The number of hydrogen-bond donors (Lipinski definition) is 0. The summed E-state index contributed by atoms with van der Waals surface area (Å²) in [6.45, 7) is 4.61. The van der Waals surface area contributed by atoms with Gasteiger partial charge in [0.2, 0.25) is 0 Å². The van der Waals surface area contributed by atoms with Gasteiger partial charge in [0.25, 0.3) is 0 Å². The Balaban J connectivity index is 2.38. The van der Waals surface area contributed by atoms with Gasteiger partial charge in [-0.3, -0.25) is 9.67 Å². The van der Waals surface area contributed by atoms with Crippen LogP contribution in [0.1, 0.15) is 16.8 Å². The summed E-state index contributed by atoms with van der Waals surface area (Å²) in [7, 11) is 1.68. The van der Waals surface area contributed by atoms with Crippen molar-refractivity contribution in [2.45, 2.75) is 20.4 Å². The molecule has 2 aromatic rings. The van der Waals surface area contributed by atoms with Gasteiger partial charge >= 0.3 is 0 Å². The molecule has 0 saturated heterocycles. The first-order valence-electron chi connectivity index (χ1n) is 5.41.